The smallest absolute Gasteiger partial charge is 0.230 e. The average Bonchev–Trinajstić information content (AvgIpc) is 2.54. The van der Waals surface area contributed by atoms with Crippen molar-refractivity contribution < 1.29 is 4.42 Å². The third-order valence-corrected chi connectivity index (χ3v) is 2.02. The Morgan fingerprint density at radius 3 is 2.85 bits per heavy atom. The van der Waals surface area contributed by atoms with Gasteiger partial charge in [0.15, 0.2) is 0 Å². The van der Waals surface area contributed by atoms with Crippen molar-refractivity contribution in [2.75, 3.05) is 12.8 Å². The molecule has 0 fully saturated rings. The van der Waals surface area contributed by atoms with Crippen LogP contribution in [-0.2, 0) is 12.3 Å². The van der Waals surface area contributed by atoms with Gasteiger partial charge in [-0.1, -0.05) is 6.92 Å². The van der Waals surface area contributed by atoms with Crippen molar-refractivity contribution in [2.24, 2.45) is 0 Å². The number of thioether (sulfide) groups is 1. The van der Waals surface area contributed by atoms with Crippen molar-refractivity contribution >= 4 is 11.8 Å². The predicted molar refractivity (Wildman–Crippen MR) is 53.5 cm³/mol. The number of nitrogens with one attached hydrogen (secondary N) is 1. The second-order valence-corrected chi connectivity index (χ2v) is 3.57. The van der Waals surface area contributed by atoms with Gasteiger partial charge in [-0.05, 0) is 19.2 Å². The molecule has 1 rings (SSSR count). The Balaban J connectivity index is 2.31. The lowest BCUT2D eigenvalue weighted by Gasteiger charge is -1.96. The summed E-state index contributed by atoms with van der Waals surface area (Å²) in [5, 5.41) is 11.0. The summed E-state index contributed by atoms with van der Waals surface area (Å²) < 4.78 is 5.37. The molecular weight excluding hydrogens is 186 g/mol. The van der Waals surface area contributed by atoms with Crippen LogP contribution in [0.25, 0.3) is 0 Å². The van der Waals surface area contributed by atoms with Gasteiger partial charge in [0.1, 0.15) is 0 Å². The van der Waals surface area contributed by atoms with Gasteiger partial charge in [-0.2, -0.15) is 11.8 Å². The molecule has 0 unspecified atom stereocenters. The summed E-state index contributed by atoms with van der Waals surface area (Å²) in [6, 6.07) is 0. The molecule has 0 atom stereocenters. The van der Waals surface area contributed by atoms with Gasteiger partial charge in [0, 0.05) is 0 Å². The van der Waals surface area contributed by atoms with Gasteiger partial charge >= 0.3 is 0 Å². The van der Waals surface area contributed by atoms with Gasteiger partial charge in [-0.15, -0.1) is 10.2 Å². The van der Waals surface area contributed by atoms with Crippen LogP contribution < -0.4 is 5.32 Å². The first kappa shape index (κ1) is 10.5. The molecule has 0 aliphatic carbocycles. The summed E-state index contributed by atoms with van der Waals surface area (Å²) in [5.41, 5.74) is 0. The van der Waals surface area contributed by atoms with E-state index in [1.54, 1.807) is 11.8 Å². The van der Waals surface area contributed by atoms with Crippen LogP contribution in [0.2, 0.25) is 0 Å². The highest BCUT2D eigenvalue weighted by atomic mass is 32.2. The molecule has 74 valence electrons. The maximum Gasteiger partial charge on any atom is 0.230 e. The van der Waals surface area contributed by atoms with E-state index in [1.165, 1.54) is 0 Å². The Morgan fingerprint density at radius 1 is 1.38 bits per heavy atom. The van der Waals surface area contributed by atoms with Crippen LogP contribution in [0.3, 0.4) is 0 Å². The van der Waals surface area contributed by atoms with Crippen LogP contribution in [0, 0.1) is 0 Å². The molecule has 0 amide bonds. The summed E-state index contributed by atoms with van der Waals surface area (Å²) in [6.45, 7) is 3.79. The Morgan fingerprint density at radius 2 is 2.15 bits per heavy atom. The Labute approximate surface area is 82.5 Å². The minimum absolute atomic E-state index is 0.676. The zero-order chi connectivity index (χ0) is 9.52. The van der Waals surface area contributed by atoms with Gasteiger partial charge < -0.3 is 9.73 Å². The summed E-state index contributed by atoms with van der Waals surface area (Å²) in [7, 11) is 0. The molecule has 0 saturated heterocycles. The number of aromatic nitrogens is 2. The zero-order valence-corrected chi connectivity index (χ0v) is 8.86. The highest BCUT2D eigenvalue weighted by Gasteiger charge is 2.03. The molecule has 0 spiro atoms. The summed E-state index contributed by atoms with van der Waals surface area (Å²) >= 11 is 1.68. The monoisotopic (exact) mass is 201 g/mol. The first-order valence-corrected chi connectivity index (χ1v) is 5.77. The van der Waals surface area contributed by atoms with Crippen LogP contribution >= 0.6 is 11.8 Å². The molecule has 1 N–H and O–H groups in total. The minimum atomic E-state index is 0.676. The van der Waals surface area contributed by atoms with Gasteiger partial charge in [0.25, 0.3) is 0 Å². The molecule has 0 aliphatic heterocycles. The first-order chi connectivity index (χ1) is 6.36. The van der Waals surface area contributed by atoms with Crippen molar-refractivity contribution in [2.45, 2.75) is 25.6 Å². The Bertz CT molecular complexity index is 239. The lowest BCUT2D eigenvalue weighted by Crippen LogP contribution is -2.13. The maximum atomic E-state index is 5.37. The van der Waals surface area contributed by atoms with Gasteiger partial charge in [-0.25, -0.2) is 0 Å². The van der Waals surface area contributed by atoms with E-state index >= 15 is 0 Å². The first-order valence-electron chi connectivity index (χ1n) is 4.37. The fraction of sp³-hybridized carbons (Fsp3) is 0.750. The van der Waals surface area contributed by atoms with Crippen molar-refractivity contribution in [1.82, 2.24) is 15.5 Å². The number of hydrogen-bond acceptors (Lipinski definition) is 5. The number of hydrogen-bond donors (Lipinski definition) is 1. The van der Waals surface area contributed by atoms with Gasteiger partial charge in [0.2, 0.25) is 11.8 Å². The quantitative estimate of drug-likeness (QED) is 0.706. The fourth-order valence-electron chi connectivity index (χ4n) is 0.914. The molecule has 1 aromatic heterocycles. The molecule has 1 heterocycles. The third kappa shape index (κ3) is 3.78. The van der Waals surface area contributed by atoms with Crippen molar-refractivity contribution in [3.8, 4) is 0 Å². The highest BCUT2D eigenvalue weighted by Crippen LogP contribution is 2.06. The molecule has 4 nitrogen and oxygen atoms in total. The zero-order valence-electron chi connectivity index (χ0n) is 8.04. The lowest BCUT2D eigenvalue weighted by atomic mass is 10.5. The Hall–Kier alpha value is -0.550. The molecular formula is C8H15N3OS. The average molecular weight is 201 g/mol. The van der Waals surface area contributed by atoms with Crippen LogP contribution in [0.5, 0.6) is 0 Å². The minimum Gasteiger partial charge on any atom is -0.423 e. The van der Waals surface area contributed by atoms with Crippen molar-refractivity contribution in [1.29, 1.82) is 0 Å². The van der Waals surface area contributed by atoms with E-state index in [1.807, 2.05) is 6.26 Å². The van der Waals surface area contributed by atoms with Crippen LogP contribution in [-0.4, -0.2) is 23.0 Å². The van der Waals surface area contributed by atoms with E-state index in [4.69, 9.17) is 4.42 Å². The largest absolute Gasteiger partial charge is 0.423 e. The molecule has 0 aliphatic rings. The van der Waals surface area contributed by atoms with E-state index in [2.05, 4.69) is 22.4 Å². The van der Waals surface area contributed by atoms with Crippen LogP contribution in [0.4, 0.5) is 0 Å². The Kier molecular flexibility index (Phi) is 4.85. The summed E-state index contributed by atoms with van der Waals surface area (Å²) in [6.07, 6.45) is 3.13. The predicted octanol–water partition coefficient (Wildman–Crippen LogP) is 1.43. The summed E-state index contributed by atoms with van der Waals surface area (Å²) in [4.78, 5) is 0. The van der Waals surface area contributed by atoms with E-state index in [0.29, 0.717) is 18.3 Å². The molecule has 1 aromatic rings. The van der Waals surface area contributed by atoms with Crippen molar-refractivity contribution in [3.05, 3.63) is 11.8 Å². The SMILES string of the molecule is CCCNCc1nnc(CSC)o1. The fourth-order valence-corrected chi connectivity index (χ4v) is 1.28. The standard InChI is InChI=1S/C8H15N3OS/c1-3-4-9-5-7-10-11-8(12-7)6-13-2/h9H,3-6H2,1-2H3. The molecule has 13 heavy (non-hydrogen) atoms. The number of rotatable bonds is 6. The topological polar surface area (TPSA) is 51.0 Å². The van der Waals surface area contributed by atoms with Gasteiger partial charge in [0.05, 0.1) is 12.3 Å². The summed E-state index contributed by atoms with van der Waals surface area (Å²) in [5.74, 6) is 2.18. The lowest BCUT2D eigenvalue weighted by molar-refractivity contribution is 0.445. The van der Waals surface area contributed by atoms with E-state index < -0.39 is 0 Å². The molecule has 0 radical (unpaired) electrons. The molecule has 0 saturated carbocycles. The second kappa shape index (κ2) is 5.99. The van der Waals surface area contributed by atoms with E-state index in [0.717, 1.165) is 18.7 Å². The molecule has 0 bridgehead atoms. The van der Waals surface area contributed by atoms with Crippen LogP contribution in [0.15, 0.2) is 4.42 Å². The van der Waals surface area contributed by atoms with Crippen molar-refractivity contribution in [3.63, 3.8) is 0 Å². The number of nitrogens with zero attached hydrogens (tertiary/aromatic N) is 2. The molecule has 5 heteroatoms. The maximum absolute atomic E-state index is 5.37. The highest BCUT2D eigenvalue weighted by molar-refractivity contribution is 7.97. The van der Waals surface area contributed by atoms with E-state index in [9.17, 15) is 0 Å². The normalized spacial score (nSPS) is 10.6. The third-order valence-electron chi connectivity index (χ3n) is 1.48. The van der Waals surface area contributed by atoms with Gasteiger partial charge in [-0.3, -0.25) is 0 Å². The van der Waals surface area contributed by atoms with E-state index in [-0.39, 0.29) is 0 Å². The second-order valence-electron chi connectivity index (χ2n) is 2.70. The molecule has 0 aromatic carbocycles. The van der Waals surface area contributed by atoms with Crippen LogP contribution in [0.1, 0.15) is 25.1 Å².